The van der Waals surface area contributed by atoms with Crippen LogP contribution in [0.3, 0.4) is 0 Å². The molecule has 0 radical (unpaired) electrons. The highest BCUT2D eigenvalue weighted by molar-refractivity contribution is 9.15. The molecule has 0 unspecified atom stereocenters. The van der Waals surface area contributed by atoms with E-state index in [1.165, 1.54) is 0 Å². The van der Waals surface area contributed by atoms with Crippen molar-refractivity contribution in [1.29, 1.82) is 0 Å². The van der Waals surface area contributed by atoms with Crippen molar-refractivity contribution in [1.82, 2.24) is 0 Å². The van der Waals surface area contributed by atoms with Crippen LogP contribution in [0, 0.1) is 0 Å². The average Bonchev–Trinajstić information content (AvgIpc) is 1.35. The van der Waals surface area contributed by atoms with Crippen molar-refractivity contribution >= 4 is 30.5 Å². The Bertz CT molecular complexity index is 35.8. The summed E-state index contributed by atoms with van der Waals surface area (Å²) in [4.78, 5) is 0. The zero-order valence-corrected chi connectivity index (χ0v) is 6.79. The van der Waals surface area contributed by atoms with Crippen LogP contribution < -0.4 is 0 Å². The summed E-state index contributed by atoms with van der Waals surface area (Å²) in [7, 11) is 1.28. The van der Waals surface area contributed by atoms with E-state index in [4.69, 9.17) is 0 Å². The Morgan fingerprint density at radius 3 is 1.50 bits per heavy atom. The highest BCUT2D eigenvalue weighted by Gasteiger charge is 1.97. The van der Waals surface area contributed by atoms with Gasteiger partial charge in [0.25, 0.3) is 0 Å². The molecule has 0 fully saturated rings. The first kappa shape index (κ1) is 7.05. The number of thiol groups is 1. The van der Waals surface area contributed by atoms with Crippen LogP contribution in [0.2, 0.25) is 0 Å². The van der Waals surface area contributed by atoms with Crippen LogP contribution in [0.25, 0.3) is 0 Å². The summed E-state index contributed by atoms with van der Waals surface area (Å²) in [6, 6.07) is 0. The third-order valence-electron chi connectivity index (χ3n) is 0.224. The van der Waals surface area contributed by atoms with Gasteiger partial charge >= 0.3 is 0 Å². The summed E-state index contributed by atoms with van der Waals surface area (Å²) < 4.78 is 0. The molecule has 40 valence electrons. The van der Waals surface area contributed by atoms with Crippen molar-refractivity contribution in [2.75, 3.05) is 18.8 Å². The van der Waals surface area contributed by atoms with Gasteiger partial charge in [0.1, 0.15) is 0 Å². The molecule has 3 heteroatoms. The van der Waals surface area contributed by atoms with Crippen molar-refractivity contribution in [3.63, 3.8) is 0 Å². The lowest BCUT2D eigenvalue weighted by Gasteiger charge is -2.18. The smallest absolute Gasteiger partial charge is 0.0256 e. The lowest BCUT2D eigenvalue weighted by atomic mass is 11.9. The molecule has 0 heterocycles. The average molecular weight is 142 g/mol. The predicted molar refractivity (Wildman–Crippen MR) is 41.9 cm³/mol. The van der Waals surface area contributed by atoms with E-state index in [0.717, 1.165) is 0 Å². The maximum Gasteiger partial charge on any atom is -0.0256 e. The largest absolute Gasteiger partial charge is 0.192 e. The van der Waals surface area contributed by atoms with Crippen molar-refractivity contribution in [3.05, 3.63) is 0 Å². The van der Waals surface area contributed by atoms with Crippen LogP contribution in [-0.2, 0) is 0 Å². The van der Waals surface area contributed by atoms with E-state index in [0.29, 0.717) is 0 Å². The van der Waals surface area contributed by atoms with Crippen LogP contribution in [0.1, 0.15) is 0 Å². The topological polar surface area (TPSA) is 0 Å². The van der Waals surface area contributed by atoms with Gasteiger partial charge in [0, 0.05) is 0 Å². The monoisotopic (exact) mass is 142 g/mol. The highest BCUT2D eigenvalue weighted by atomic mass is 33.5. The second-order valence-electron chi connectivity index (χ2n) is 1.80. The SMILES string of the molecule is CS(C)(C)SS. The van der Waals surface area contributed by atoms with Crippen LogP contribution in [-0.4, -0.2) is 18.8 Å². The number of hydrogen-bond acceptors (Lipinski definition) is 2. The molecule has 0 aliphatic heterocycles. The predicted octanol–water partition coefficient (Wildman–Crippen LogP) is 2.17. The molecule has 0 bridgehead atoms. The van der Waals surface area contributed by atoms with Crippen molar-refractivity contribution in [2.45, 2.75) is 0 Å². The standard InChI is InChI=1S/C3H10S3/c1-6(2,3)5-4/h4H,1-3H3. The van der Waals surface area contributed by atoms with Gasteiger partial charge in [-0.3, -0.25) is 0 Å². The zero-order chi connectivity index (χ0) is 5.21. The van der Waals surface area contributed by atoms with Crippen molar-refractivity contribution in [3.8, 4) is 0 Å². The Kier molecular flexibility index (Phi) is 2.80. The fraction of sp³-hybridized carbons (Fsp3) is 1.00. The van der Waals surface area contributed by atoms with Gasteiger partial charge < -0.3 is 0 Å². The fourth-order valence-electron chi connectivity index (χ4n) is 0. The quantitative estimate of drug-likeness (QED) is 0.432. The minimum Gasteiger partial charge on any atom is -0.192 e. The van der Waals surface area contributed by atoms with E-state index in [2.05, 4.69) is 30.4 Å². The second kappa shape index (κ2) is 2.38. The van der Waals surface area contributed by atoms with E-state index in [1.54, 1.807) is 9.83 Å². The molecule has 0 N–H and O–H groups in total. The van der Waals surface area contributed by atoms with Gasteiger partial charge in [-0.25, -0.2) is 0 Å². The molecule has 0 aliphatic carbocycles. The third kappa shape index (κ3) is 5.05. The molecule has 0 amide bonds. The van der Waals surface area contributed by atoms with E-state index < -0.39 is 0 Å². The maximum absolute atomic E-state index is 4.05. The molecule has 0 saturated heterocycles. The van der Waals surface area contributed by atoms with Crippen molar-refractivity contribution in [2.24, 2.45) is 0 Å². The molecule has 0 aromatic carbocycles. The van der Waals surface area contributed by atoms with Gasteiger partial charge in [-0.05, 0) is 28.6 Å². The summed E-state index contributed by atoms with van der Waals surface area (Å²) in [6.45, 7) is 0. The summed E-state index contributed by atoms with van der Waals surface area (Å²) in [5.74, 6) is 0. The van der Waals surface area contributed by atoms with Gasteiger partial charge in [-0.1, -0.05) is 0 Å². The molecule has 0 aromatic heterocycles. The minimum atomic E-state index is -0.381. The summed E-state index contributed by atoms with van der Waals surface area (Å²) in [5, 5.41) is 0. The minimum absolute atomic E-state index is 0.381. The molecule has 0 aromatic rings. The fourth-order valence-corrected chi connectivity index (χ4v) is 0. The molecule has 0 aliphatic rings. The number of rotatable bonds is 1. The van der Waals surface area contributed by atoms with Gasteiger partial charge in [0.05, 0.1) is 0 Å². The van der Waals surface area contributed by atoms with Crippen LogP contribution >= 0.6 is 30.5 Å². The van der Waals surface area contributed by atoms with E-state index in [9.17, 15) is 0 Å². The molecule has 0 rings (SSSR count). The van der Waals surface area contributed by atoms with Gasteiger partial charge in [-0.2, -0.15) is 9.06 Å². The zero-order valence-electron chi connectivity index (χ0n) is 4.26. The first-order chi connectivity index (χ1) is 2.56. The van der Waals surface area contributed by atoms with Crippen LogP contribution in [0.15, 0.2) is 0 Å². The van der Waals surface area contributed by atoms with Gasteiger partial charge in [0.15, 0.2) is 0 Å². The van der Waals surface area contributed by atoms with E-state index >= 15 is 0 Å². The Morgan fingerprint density at radius 1 is 1.33 bits per heavy atom. The Morgan fingerprint density at radius 2 is 1.50 bits per heavy atom. The summed E-state index contributed by atoms with van der Waals surface area (Å²) in [5.41, 5.74) is 0. The maximum atomic E-state index is 4.05. The first-order valence-corrected chi connectivity index (χ1v) is 6.82. The van der Waals surface area contributed by atoms with Crippen LogP contribution in [0.4, 0.5) is 0 Å². The Balaban J connectivity index is 3.17. The molecule has 6 heavy (non-hydrogen) atoms. The second-order valence-corrected chi connectivity index (χ2v) is 10.2. The number of hydrogen-bond donors (Lipinski definition) is 1. The summed E-state index contributed by atoms with van der Waals surface area (Å²) in [6.07, 6.45) is 6.64. The molecule has 0 spiro atoms. The van der Waals surface area contributed by atoms with Gasteiger partial charge in [0.2, 0.25) is 0 Å². The molecule has 0 nitrogen and oxygen atoms in total. The lowest BCUT2D eigenvalue weighted by molar-refractivity contribution is 2.18. The Labute approximate surface area is 49.6 Å². The van der Waals surface area contributed by atoms with Crippen LogP contribution in [0.5, 0.6) is 0 Å². The molecule has 0 atom stereocenters. The normalized spacial score (nSPS) is 14.7. The first-order valence-electron chi connectivity index (χ1n) is 1.57. The van der Waals surface area contributed by atoms with Crippen molar-refractivity contribution < 1.29 is 0 Å². The third-order valence-corrected chi connectivity index (χ3v) is 6.04. The van der Waals surface area contributed by atoms with E-state index in [1.807, 2.05) is 0 Å². The molecular formula is C3H10S3. The Hall–Kier alpha value is 1.05. The van der Waals surface area contributed by atoms with Gasteiger partial charge in [-0.15, -0.1) is 11.7 Å². The summed E-state index contributed by atoms with van der Waals surface area (Å²) >= 11 is 4.05. The molecule has 0 saturated carbocycles. The molecular weight excluding hydrogens is 132 g/mol. The van der Waals surface area contributed by atoms with E-state index in [-0.39, 0.29) is 9.06 Å². The lowest BCUT2D eigenvalue weighted by Crippen LogP contribution is -1.77. The highest BCUT2D eigenvalue weighted by Crippen LogP contribution is 2.51.